The zero-order valence-electron chi connectivity index (χ0n) is 11.0. The van der Waals surface area contributed by atoms with Gasteiger partial charge in [0, 0.05) is 28.3 Å². The maximum absolute atomic E-state index is 12.5. The number of benzene rings is 2. The Kier molecular flexibility index (Phi) is 3.70. The molecule has 5 heteroatoms. The second kappa shape index (κ2) is 5.51. The number of halogens is 2. The zero-order valence-corrected chi connectivity index (χ0v) is 12.5. The summed E-state index contributed by atoms with van der Waals surface area (Å²) in [6.45, 7) is 0.627. The van der Waals surface area contributed by atoms with Gasteiger partial charge in [-0.3, -0.25) is 9.59 Å². The molecule has 1 heterocycles. The van der Waals surface area contributed by atoms with Crippen molar-refractivity contribution >= 4 is 34.9 Å². The third kappa shape index (κ3) is 2.67. The predicted molar refractivity (Wildman–Crippen MR) is 82.4 cm³/mol. The van der Waals surface area contributed by atoms with E-state index in [1.54, 1.807) is 24.3 Å². The van der Waals surface area contributed by atoms with Gasteiger partial charge in [-0.1, -0.05) is 35.3 Å². The number of fused-ring (bicyclic) bond motifs is 1. The first-order valence-electron chi connectivity index (χ1n) is 6.47. The van der Waals surface area contributed by atoms with E-state index < -0.39 is 0 Å². The first-order chi connectivity index (χ1) is 10.1. The molecule has 1 aliphatic rings. The van der Waals surface area contributed by atoms with Gasteiger partial charge in [-0.2, -0.15) is 0 Å². The maximum Gasteiger partial charge on any atom is 0.251 e. The van der Waals surface area contributed by atoms with Crippen LogP contribution >= 0.6 is 23.2 Å². The Bertz CT molecular complexity index is 756. The Labute approximate surface area is 131 Å². The Balaban J connectivity index is 2.02. The highest BCUT2D eigenvalue weighted by atomic mass is 35.5. The summed E-state index contributed by atoms with van der Waals surface area (Å²) in [5.74, 6) is -0.369. The average Bonchev–Trinajstić information content (AvgIpc) is 2.47. The highest BCUT2D eigenvalue weighted by molar-refractivity contribution is 6.37. The van der Waals surface area contributed by atoms with Crippen LogP contribution in [0.4, 0.5) is 0 Å². The summed E-state index contributed by atoms with van der Waals surface area (Å²) < 4.78 is 0. The van der Waals surface area contributed by atoms with Crippen molar-refractivity contribution < 1.29 is 9.59 Å². The van der Waals surface area contributed by atoms with Crippen LogP contribution in [0.3, 0.4) is 0 Å². The highest BCUT2D eigenvalue weighted by Gasteiger charge is 2.20. The predicted octanol–water partition coefficient (Wildman–Crippen LogP) is 3.51. The molecule has 0 radical (unpaired) electrons. The van der Waals surface area contributed by atoms with E-state index in [0.29, 0.717) is 33.3 Å². The highest BCUT2D eigenvalue weighted by Crippen LogP contribution is 2.25. The average molecular weight is 320 g/mol. The molecule has 0 aromatic heterocycles. The molecule has 1 amide bonds. The van der Waals surface area contributed by atoms with E-state index in [-0.39, 0.29) is 11.7 Å². The molecule has 0 aliphatic carbocycles. The lowest BCUT2D eigenvalue weighted by atomic mass is 9.94. The van der Waals surface area contributed by atoms with Gasteiger partial charge in [-0.05, 0) is 36.2 Å². The number of carbonyl (C=O) groups excluding carboxylic acids is 2. The molecule has 0 saturated carbocycles. The summed E-state index contributed by atoms with van der Waals surface area (Å²) in [4.78, 5) is 24.4. The van der Waals surface area contributed by atoms with E-state index in [0.717, 1.165) is 12.0 Å². The van der Waals surface area contributed by atoms with Crippen molar-refractivity contribution in [3.63, 3.8) is 0 Å². The van der Waals surface area contributed by atoms with Crippen LogP contribution in [-0.2, 0) is 6.42 Å². The second-order valence-electron chi connectivity index (χ2n) is 4.83. The largest absolute Gasteiger partial charge is 0.352 e. The Morgan fingerprint density at radius 3 is 2.67 bits per heavy atom. The molecule has 0 atom stereocenters. The van der Waals surface area contributed by atoms with E-state index in [2.05, 4.69) is 5.32 Å². The lowest BCUT2D eigenvalue weighted by molar-refractivity contribution is 0.0946. The van der Waals surface area contributed by atoms with Crippen molar-refractivity contribution in [3.05, 3.63) is 68.7 Å². The van der Waals surface area contributed by atoms with Crippen LogP contribution in [0.2, 0.25) is 10.0 Å². The normalized spacial score (nSPS) is 13.5. The van der Waals surface area contributed by atoms with Gasteiger partial charge in [-0.25, -0.2) is 0 Å². The van der Waals surface area contributed by atoms with Gasteiger partial charge in [-0.15, -0.1) is 0 Å². The number of hydrogen-bond donors (Lipinski definition) is 1. The van der Waals surface area contributed by atoms with Crippen molar-refractivity contribution in [2.24, 2.45) is 0 Å². The number of carbonyl (C=O) groups is 2. The fourth-order valence-corrected chi connectivity index (χ4v) is 2.88. The van der Waals surface area contributed by atoms with Gasteiger partial charge >= 0.3 is 0 Å². The molecule has 3 rings (SSSR count). The van der Waals surface area contributed by atoms with Crippen molar-refractivity contribution in [2.75, 3.05) is 6.54 Å². The Morgan fingerprint density at radius 2 is 1.90 bits per heavy atom. The fraction of sp³-hybridized carbons (Fsp3) is 0.125. The van der Waals surface area contributed by atoms with E-state index in [1.165, 1.54) is 6.07 Å². The number of rotatable bonds is 2. The van der Waals surface area contributed by atoms with E-state index in [4.69, 9.17) is 23.2 Å². The number of hydrogen-bond acceptors (Lipinski definition) is 2. The monoisotopic (exact) mass is 319 g/mol. The molecule has 1 aliphatic heterocycles. The van der Waals surface area contributed by atoms with Crippen LogP contribution < -0.4 is 5.32 Å². The van der Waals surface area contributed by atoms with Crippen molar-refractivity contribution in [1.29, 1.82) is 0 Å². The van der Waals surface area contributed by atoms with Gasteiger partial charge in [0.2, 0.25) is 0 Å². The van der Waals surface area contributed by atoms with Crippen LogP contribution in [0.15, 0.2) is 36.4 Å². The second-order valence-corrected chi connectivity index (χ2v) is 5.67. The summed E-state index contributed by atoms with van der Waals surface area (Å²) in [7, 11) is 0. The summed E-state index contributed by atoms with van der Waals surface area (Å²) in [5, 5.41) is 3.54. The first kappa shape index (κ1) is 14.1. The third-order valence-electron chi connectivity index (χ3n) is 3.47. The van der Waals surface area contributed by atoms with Gasteiger partial charge in [0.05, 0.1) is 5.02 Å². The van der Waals surface area contributed by atoms with Crippen LogP contribution in [0.5, 0.6) is 0 Å². The minimum absolute atomic E-state index is 0.145. The molecular formula is C16H11Cl2NO2. The van der Waals surface area contributed by atoms with Crippen LogP contribution in [0, 0.1) is 0 Å². The summed E-state index contributed by atoms with van der Waals surface area (Å²) in [5.41, 5.74) is 2.32. The Hall–Kier alpha value is -1.84. The molecule has 0 fully saturated rings. The topological polar surface area (TPSA) is 46.2 Å². The molecule has 3 nitrogen and oxygen atoms in total. The molecular weight excluding hydrogens is 309 g/mol. The lowest BCUT2D eigenvalue weighted by Gasteiger charge is -2.17. The number of nitrogens with one attached hydrogen (secondary N) is 1. The van der Waals surface area contributed by atoms with E-state index in [1.807, 2.05) is 6.07 Å². The number of amides is 1. The Morgan fingerprint density at radius 1 is 1.10 bits per heavy atom. The summed E-state index contributed by atoms with van der Waals surface area (Å²) in [6, 6.07) is 9.91. The molecule has 2 aromatic rings. The van der Waals surface area contributed by atoms with Crippen LogP contribution in [0.1, 0.15) is 31.8 Å². The fourth-order valence-electron chi connectivity index (χ4n) is 2.38. The SMILES string of the molecule is O=C(c1ccc2c(c1)C(=O)NCC2)c1ccc(Cl)cc1Cl. The van der Waals surface area contributed by atoms with Gasteiger partial charge in [0.15, 0.2) is 5.78 Å². The minimum Gasteiger partial charge on any atom is -0.352 e. The van der Waals surface area contributed by atoms with E-state index >= 15 is 0 Å². The summed E-state index contributed by atoms with van der Waals surface area (Å²) >= 11 is 11.9. The zero-order chi connectivity index (χ0) is 15.0. The molecule has 0 saturated heterocycles. The van der Waals surface area contributed by atoms with E-state index in [9.17, 15) is 9.59 Å². The lowest BCUT2D eigenvalue weighted by Crippen LogP contribution is -2.32. The van der Waals surface area contributed by atoms with Crippen molar-refractivity contribution in [1.82, 2.24) is 5.32 Å². The van der Waals surface area contributed by atoms with Crippen molar-refractivity contribution in [3.8, 4) is 0 Å². The molecule has 0 bridgehead atoms. The van der Waals surface area contributed by atoms with Crippen molar-refractivity contribution in [2.45, 2.75) is 6.42 Å². The molecule has 0 spiro atoms. The smallest absolute Gasteiger partial charge is 0.251 e. The third-order valence-corrected chi connectivity index (χ3v) is 4.02. The minimum atomic E-state index is -0.224. The van der Waals surface area contributed by atoms with Crippen LogP contribution in [0.25, 0.3) is 0 Å². The molecule has 1 N–H and O–H groups in total. The standard InChI is InChI=1S/C16H11Cl2NO2/c17-11-3-4-12(14(18)8-11)15(20)10-2-1-9-5-6-19-16(21)13(9)7-10/h1-4,7-8H,5-6H2,(H,19,21). The molecule has 0 unspecified atom stereocenters. The molecule has 106 valence electrons. The van der Waals surface area contributed by atoms with Crippen LogP contribution in [-0.4, -0.2) is 18.2 Å². The van der Waals surface area contributed by atoms with Gasteiger partial charge in [0.25, 0.3) is 5.91 Å². The quantitative estimate of drug-likeness (QED) is 0.861. The molecule has 2 aromatic carbocycles. The first-order valence-corrected chi connectivity index (χ1v) is 7.23. The maximum atomic E-state index is 12.5. The van der Waals surface area contributed by atoms with Gasteiger partial charge < -0.3 is 5.32 Å². The molecule has 21 heavy (non-hydrogen) atoms. The number of ketones is 1. The summed E-state index contributed by atoms with van der Waals surface area (Å²) in [6.07, 6.45) is 0.775. The van der Waals surface area contributed by atoms with Gasteiger partial charge in [0.1, 0.15) is 0 Å².